The van der Waals surface area contributed by atoms with Crippen LogP contribution in [0.3, 0.4) is 0 Å². The fraction of sp³-hybridized carbons (Fsp3) is 0.455. The minimum atomic E-state index is -0.505. The summed E-state index contributed by atoms with van der Waals surface area (Å²) in [5.74, 6) is -0.529. The molecule has 1 aromatic heterocycles. The van der Waals surface area contributed by atoms with Crippen molar-refractivity contribution in [2.75, 3.05) is 25.5 Å². The summed E-state index contributed by atoms with van der Waals surface area (Å²) in [6, 6.07) is 6.38. The monoisotopic (exact) mass is 416 g/mol. The minimum absolute atomic E-state index is 0.115. The van der Waals surface area contributed by atoms with Crippen LogP contribution in [-0.2, 0) is 17.6 Å². The van der Waals surface area contributed by atoms with Gasteiger partial charge >= 0.3 is 0 Å². The molecule has 2 amide bonds. The molecule has 1 fully saturated rings. The van der Waals surface area contributed by atoms with Crippen molar-refractivity contribution in [3.63, 3.8) is 0 Å². The molecule has 4 rings (SSSR count). The normalized spacial score (nSPS) is 18.8. The Hall–Kier alpha value is -2.41. The molecule has 0 bridgehead atoms. The molecule has 2 heterocycles. The van der Waals surface area contributed by atoms with Crippen molar-refractivity contribution in [2.24, 2.45) is 5.92 Å². The summed E-state index contributed by atoms with van der Waals surface area (Å²) in [5, 5.41) is 2.81. The predicted molar refractivity (Wildman–Crippen MR) is 111 cm³/mol. The number of nitrogens with zero attached hydrogens (tertiary/aromatic N) is 1. The number of hydrogen-bond acceptors (Lipinski definition) is 4. The number of fused-ring (bicyclic) bond motifs is 1. The lowest BCUT2D eigenvalue weighted by Crippen LogP contribution is -2.35. The molecule has 1 N–H and O–H groups in total. The van der Waals surface area contributed by atoms with Crippen molar-refractivity contribution in [1.29, 1.82) is 0 Å². The number of halogens is 1. The standard InChI is InChI=1S/C22H25FN2O3S/c1-28-18-7-6-16(13-17(18)23)24-21(26)14-5-8-19-15(11-14)12-20(29-19)22(27)25-9-3-2-4-10-25/h6-7,12-14H,2-5,8-11H2,1H3,(H,24,26)/t14-/m1/s1. The Morgan fingerprint density at radius 2 is 2.00 bits per heavy atom. The highest BCUT2D eigenvalue weighted by Crippen LogP contribution is 2.34. The van der Waals surface area contributed by atoms with E-state index < -0.39 is 5.82 Å². The van der Waals surface area contributed by atoms with E-state index in [-0.39, 0.29) is 23.5 Å². The van der Waals surface area contributed by atoms with Gasteiger partial charge in [-0.05, 0) is 62.3 Å². The molecule has 2 aromatic rings. The van der Waals surface area contributed by atoms with Gasteiger partial charge < -0.3 is 15.0 Å². The molecular weight excluding hydrogens is 391 g/mol. The van der Waals surface area contributed by atoms with E-state index in [0.29, 0.717) is 12.1 Å². The third kappa shape index (κ3) is 4.29. The third-order valence-electron chi connectivity index (χ3n) is 5.73. The zero-order valence-electron chi connectivity index (χ0n) is 16.5. The number of nitrogens with one attached hydrogen (secondary N) is 1. The Kier molecular flexibility index (Phi) is 5.85. The zero-order chi connectivity index (χ0) is 20.4. The van der Waals surface area contributed by atoms with Crippen molar-refractivity contribution >= 4 is 28.8 Å². The van der Waals surface area contributed by atoms with Crippen LogP contribution in [0.15, 0.2) is 24.3 Å². The second-order valence-electron chi connectivity index (χ2n) is 7.69. The maximum Gasteiger partial charge on any atom is 0.263 e. The van der Waals surface area contributed by atoms with Crippen molar-refractivity contribution in [1.82, 2.24) is 4.90 Å². The number of aryl methyl sites for hydroxylation is 1. The lowest BCUT2D eigenvalue weighted by Gasteiger charge is -2.26. The van der Waals surface area contributed by atoms with Crippen molar-refractivity contribution in [2.45, 2.75) is 38.5 Å². The Labute approximate surface area is 173 Å². The highest BCUT2D eigenvalue weighted by atomic mass is 32.1. The van der Waals surface area contributed by atoms with Crippen LogP contribution >= 0.6 is 11.3 Å². The second kappa shape index (κ2) is 8.53. The van der Waals surface area contributed by atoms with Crippen LogP contribution < -0.4 is 10.1 Å². The molecule has 0 unspecified atom stereocenters. The molecule has 0 radical (unpaired) electrons. The van der Waals surface area contributed by atoms with Gasteiger partial charge in [0, 0.05) is 35.6 Å². The Morgan fingerprint density at radius 1 is 1.21 bits per heavy atom. The average molecular weight is 417 g/mol. The average Bonchev–Trinajstić information content (AvgIpc) is 3.17. The van der Waals surface area contributed by atoms with Crippen LogP contribution in [0, 0.1) is 11.7 Å². The number of piperidine rings is 1. The number of methoxy groups -OCH3 is 1. The van der Waals surface area contributed by atoms with Crippen LogP contribution in [0.4, 0.5) is 10.1 Å². The number of carbonyl (C=O) groups is 2. The number of rotatable bonds is 4. The number of likely N-dealkylation sites (tertiary alicyclic amines) is 1. The Bertz CT molecular complexity index is 921. The van der Waals surface area contributed by atoms with Crippen LogP contribution in [0.25, 0.3) is 0 Å². The van der Waals surface area contributed by atoms with Gasteiger partial charge in [-0.25, -0.2) is 4.39 Å². The van der Waals surface area contributed by atoms with Gasteiger partial charge in [-0.1, -0.05) is 0 Å². The van der Waals surface area contributed by atoms with E-state index in [1.807, 2.05) is 11.0 Å². The summed E-state index contributed by atoms with van der Waals surface area (Å²) in [5.41, 5.74) is 1.52. The first-order valence-electron chi connectivity index (χ1n) is 10.1. The minimum Gasteiger partial charge on any atom is -0.494 e. The van der Waals surface area contributed by atoms with Crippen molar-refractivity contribution in [3.8, 4) is 5.75 Å². The molecule has 154 valence electrons. The molecule has 1 aromatic carbocycles. The number of anilines is 1. The lowest BCUT2D eigenvalue weighted by atomic mass is 9.87. The van der Waals surface area contributed by atoms with Gasteiger partial charge in [0.15, 0.2) is 11.6 Å². The van der Waals surface area contributed by atoms with Gasteiger partial charge in [0.25, 0.3) is 5.91 Å². The summed E-state index contributed by atoms with van der Waals surface area (Å²) in [7, 11) is 1.40. The summed E-state index contributed by atoms with van der Waals surface area (Å²) < 4.78 is 18.8. The number of carbonyl (C=O) groups excluding carboxylic acids is 2. The molecule has 1 atom stereocenters. The first-order valence-corrected chi connectivity index (χ1v) is 10.9. The molecule has 7 heteroatoms. The Balaban J connectivity index is 1.41. The van der Waals surface area contributed by atoms with Gasteiger partial charge in [0.1, 0.15) is 0 Å². The highest BCUT2D eigenvalue weighted by Gasteiger charge is 2.29. The van der Waals surface area contributed by atoms with Gasteiger partial charge in [0.05, 0.1) is 12.0 Å². The lowest BCUT2D eigenvalue weighted by molar-refractivity contribution is -0.120. The summed E-state index contributed by atoms with van der Waals surface area (Å²) in [6.07, 6.45) is 5.48. The number of ether oxygens (including phenoxy) is 1. The van der Waals surface area contributed by atoms with Gasteiger partial charge in [-0.3, -0.25) is 9.59 Å². The highest BCUT2D eigenvalue weighted by molar-refractivity contribution is 7.14. The molecule has 5 nitrogen and oxygen atoms in total. The third-order valence-corrected chi connectivity index (χ3v) is 6.95. The van der Waals surface area contributed by atoms with E-state index in [4.69, 9.17) is 4.74 Å². The molecule has 1 saturated heterocycles. The second-order valence-corrected chi connectivity index (χ2v) is 8.83. The van der Waals surface area contributed by atoms with Crippen LogP contribution in [0.2, 0.25) is 0 Å². The van der Waals surface area contributed by atoms with E-state index in [2.05, 4.69) is 5.32 Å². The maximum absolute atomic E-state index is 13.9. The fourth-order valence-corrected chi connectivity index (χ4v) is 5.27. The molecule has 2 aliphatic rings. The van der Waals surface area contributed by atoms with Gasteiger partial charge in [-0.2, -0.15) is 0 Å². The van der Waals surface area contributed by atoms with Crippen LogP contribution in [0.5, 0.6) is 5.75 Å². The van der Waals surface area contributed by atoms with E-state index in [1.165, 1.54) is 30.5 Å². The largest absolute Gasteiger partial charge is 0.494 e. The molecule has 0 saturated carbocycles. The number of benzene rings is 1. The molecule has 1 aliphatic heterocycles. The smallest absolute Gasteiger partial charge is 0.263 e. The van der Waals surface area contributed by atoms with E-state index >= 15 is 0 Å². The number of hydrogen-bond donors (Lipinski definition) is 1. The zero-order valence-corrected chi connectivity index (χ0v) is 17.3. The van der Waals surface area contributed by atoms with Crippen molar-refractivity contribution in [3.05, 3.63) is 45.4 Å². The Morgan fingerprint density at radius 3 is 2.72 bits per heavy atom. The molecule has 29 heavy (non-hydrogen) atoms. The predicted octanol–water partition coefficient (Wildman–Crippen LogP) is 4.27. The number of amides is 2. The molecule has 0 spiro atoms. The SMILES string of the molecule is COc1ccc(NC(=O)[C@@H]2CCc3sc(C(=O)N4CCCCC4)cc3C2)cc1F. The van der Waals surface area contributed by atoms with E-state index in [1.54, 1.807) is 17.4 Å². The van der Waals surface area contributed by atoms with E-state index in [0.717, 1.165) is 49.2 Å². The van der Waals surface area contributed by atoms with Gasteiger partial charge in [0.2, 0.25) is 5.91 Å². The topological polar surface area (TPSA) is 58.6 Å². The maximum atomic E-state index is 13.9. The first-order chi connectivity index (χ1) is 14.0. The van der Waals surface area contributed by atoms with Crippen LogP contribution in [-0.4, -0.2) is 36.9 Å². The summed E-state index contributed by atoms with van der Waals surface area (Å²) in [4.78, 5) is 29.4. The molecular formula is C22H25FN2O3S. The molecule has 1 aliphatic carbocycles. The van der Waals surface area contributed by atoms with Crippen molar-refractivity contribution < 1.29 is 18.7 Å². The quantitative estimate of drug-likeness (QED) is 0.810. The fourth-order valence-electron chi connectivity index (χ4n) is 4.09. The first kappa shape index (κ1) is 19.9. The van der Waals surface area contributed by atoms with E-state index in [9.17, 15) is 14.0 Å². The summed E-state index contributed by atoms with van der Waals surface area (Å²) >= 11 is 1.57. The van der Waals surface area contributed by atoms with Gasteiger partial charge in [-0.15, -0.1) is 11.3 Å². The summed E-state index contributed by atoms with van der Waals surface area (Å²) in [6.45, 7) is 1.68. The van der Waals surface area contributed by atoms with Crippen LogP contribution in [0.1, 0.15) is 45.8 Å². The number of thiophene rings is 1.